The van der Waals surface area contributed by atoms with Crippen LogP contribution in [0.5, 0.6) is 0 Å². The van der Waals surface area contributed by atoms with Crippen LogP contribution in [0.25, 0.3) is 0 Å². The number of carbonyl (C=O) groups excluding carboxylic acids is 1. The molecule has 2 rings (SSSR count). The second kappa shape index (κ2) is 6.06. The van der Waals surface area contributed by atoms with E-state index >= 15 is 0 Å². The highest BCUT2D eigenvalue weighted by Gasteiger charge is 2.31. The van der Waals surface area contributed by atoms with Crippen LogP contribution in [0.15, 0.2) is 24.3 Å². The average molecular weight is 290 g/mol. The topological polar surface area (TPSA) is 43.8 Å². The van der Waals surface area contributed by atoms with E-state index in [1.54, 1.807) is 18.7 Å². The van der Waals surface area contributed by atoms with Crippen molar-refractivity contribution >= 4 is 11.6 Å². The summed E-state index contributed by atoms with van der Waals surface area (Å²) in [6, 6.07) is 8.66. The van der Waals surface area contributed by atoms with Crippen molar-refractivity contribution in [2.24, 2.45) is 0 Å². The van der Waals surface area contributed by atoms with Gasteiger partial charge in [-0.3, -0.25) is 4.79 Å². The van der Waals surface area contributed by atoms with E-state index in [4.69, 9.17) is 0 Å². The molecule has 116 valence electrons. The van der Waals surface area contributed by atoms with Crippen molar-refractivity contribution in [2.75, 3.05) is 31.1 Å². The molecule has 0 saturated carbocycles. The van der Waals surface area contributed by atoms with E-state index in [9.17, 15) is 9.90 Å². The zero-order chi connectivity index (χ0) is 15.6. The van der Waals surface area contributed by atoms with Gasteiger partial charge in [0.05, 0.1) is 0 Å². The smallest absolute Gasteiger partial charge is 0.254 e. The van der Waals surface area contributed by atoms with Crippen LogP contribution in [0.3, 0.4) is 0 Å². The Hall–Kier alpha value is -1.55. The van der Waals surface area contributed by atoms with Crippen molar-refractivity contribution in [3.8, 4) is 0 Å². The van der Waals surface area contributed by atoms with Gasteiger partial charge in [0, 0.05) is 31.9 Å². The Morgan fingerprint density at radius 3 is 2.05 bits per heavy atom. The lowest BCUT2D eigenvalue weighted by atomic mass is 10.0. The van der Waals surface area contributed by atoms with E-state index in [0.717, 1.165) is 13.1 Å². The van der Waals surface area contributed by atoms with Gasteiger partial charge >= 0.3 is 0 Å². The minimum Gasteiger partial charge on any atom is -0.381 e. The Balaban J connectivity index is 1.96. The molecule has 0 atom stereocenters. The number of amides is 1. The molecule has 0 aliphatic carbocycles. The molecule has 21 heavy (non-hydrogen) atoms. The summed E-state index contributed by atoms with van der Waals surface area (Å²) in [5.41, 5.74) is 1.27. The highest BCUT2D eigenvalue weighted by Crippen LogP contribution is 2.21. The molecule has 0 aromatic heterocycles. The Morgan fingerprint density at radius 2 is 1.62 bits per heavy atom. The van der Waals surface area contributed by atoms with Crippen molar-refractivity contribution in [1.29, 1.82) is 0 Å². The van der Waals surface area contributed by atoms with Crippen LogP contribution in [0.2, 0.25) is 0 Å². The zero-order valence-corrected chi connectivity index (χ0v) is 13.5. The minimum atomic E-state index is -1.28. The van der Waals surface area contributed by atoms with Crippen LogP contribution < -0.4 is 4.90 Å². The van der Waals surface area contributed by atoms with Crippen molar-refractivity contribution in [2.45, 2.75) is 39.2 Å². The van der Waals surface area contributed by atoms with Crippen LogP contribution >= 0.6 is 0 Å². The normalized spacial score (nSPS) is 16.5. The molecule has 4 nitrogen and oxygen atoms in total. The fourth-order valence-corrected chi connectivity index (χ4v) is 2.62. The van der Waals surface area contributed by atoms with Gasteiger partial charge in [0.25, 0.3) is 5.91 Å². The maximum absolute atomic E-state index is 12.0. The number of aliphatic hydroxyl groups is 1. The lowest BCUT2D eigenvalue weighted by Gasteiger charge is -2.38. The van der Waals surface area contributed by atoms with Crippen LogP contribution in [0.1, 0.15) is 39.2 Å². The quantitative estimate of drug-likeness (QED) is 0.928. The van der Waals surface area contributed by atoms with Gasteiger partial charge in [0.2, 0.25) is 0 Å². The molecule has 1 aromatic carbocycles. The van der Waals surface area contributed by atoms with Crippen LogP contribution in [-0.2, 0) is 4.79 Å². The SMILES string of the molecule is CC(C)c1ccc(N2CCN(C(=O)C(C)(C)O)CC2)cc1. The maximum Gasteiger partial charge on any atom is 0.254 e. The number of benzene rings is 1. The van der Waals surface area contributed by atoms with E-state index < -0.39 is 5.60 Å². The Morgan fingerprint density at radius 1 is 1.10 bits per heavy atom. The monoisotopic (exact) mass is 290 g/mol. The van der Waals surface area contributed by atoms with E-state index in [0.29, 0.717) is 19.0 Å². The Bertz CT molecular complexity index is 481. The second-order valence-electron chi connectivity index (χ2n) is 6.58. The number of nitrogens with zero attached hydrogens (tertiary/aromatic N) is 2. The molecule has 0 spiro atoms. The molecule has 4 heteroatoms. The molecule has 1 aromatic rings. The van der Waals surface area contributed by atoms with Crippen LogP contribution in [-0.4, -0.2) is 47.7 Å². The third-order valence-electron chi connectivity index (χ3n) is 4.02. The predicted octanol–water partition coefficient (Wildman–Crippen LogP) is 2.23. The van der Waals surface area contributed by atoms with Crippen molar-refractivity contribution in [1.82, 2.24) is 4.90 Å². The summed E-state index contributed by atoms with van der Waals surface area (Å²) in [6.07, 6.45) is 0. The molecule has 0 radical (unpaired) electrons. The van der Waals surface area contributed by atoms with Crippen LogP contribution in [0, 0.1) is 0 Å². The van der Waals surface area contributed by atoms with E-state index in [2.05, 4.69) is 43.0 Å². The third-order valence-corrected chi connectivity index (χ3v) is 4.02. The highest BCUT2D eigenvalue weighted by molar-refractivity contribution is 5.84. The summed E-state index contributed by atoms with van der Waals surface area (Å²) in [6.45, 7) is 10.4. The summed E-state index contributed by atoms with van der Waals surface area (Å²) in [5.74, 6) is 0.359. The number of piperazine rings is 1. The van der Waals surface area contributed by atoms with Crippen molar-refractivity contribution < 1.29 is 9.90 Å². The molecule has 0 unspecified atom stereocenters. The predicted molar refractivity (Wildman–Crippen MR) is 85.6 cm³/mol. The molecular weight excluding hydrogens is 264 g/mol. The summed E-state index contributed by atoms with van der Waals surface area (Å²) in [4.78, 5) is 16.1. The minimum absolute atomic E-state index is 0.183. The Labute approximate surface area is 127 Å². The number of anilines is 1. The van der Waals surface area contributed by atoms with E-state index in [-0.39, 0.29) is 5.91 Å². The number of hydrogen-bond acceptors (Lipinski definition) is 3. The van der Waals surface area contributed by atoms with Gasteiger partial charge in [-0.15, -0.1) is 0 Å². The molecule has 1 fully saturated rings. The summed E-state index contributed by atoms with van der Waals surface area (Å²) in [5, 5.41) is 9.80. The molecule has 1 saturated heterocycles. The first kappa shape index (κ1) is 15.8. The largest absolute Gasteiger partial charge is 0.381 e. The molecule has 1 aliphatic rings. The van der Waals surface area contributed by atoms with Gasteiger partial charge in [-0.25, -0.2) is 0 Å². The Kier molecular flexibility index (Phi) is 4.57. The molecule has 0 bridgehead atoms. The second-order valence-corrected chi connectivity index (χ2v) is 6.58. The van der Waals surface area contributed by atoms with Gasteiger partial charge in [0.1, 0.15) is 5.60 Å². The molecule has 1 heterocycles. The van der Waals surface area contributed by atoms with Gasteiger partial charge in [-0.05, 0) is 37.5 Å². The highest BCUT2D eigenvalue weighted by atomic mass is 16.3. The first-order chi connectivity index (χ1) is 9.79. The zero-order valence-electron chi connectivity index (χ0n) is 13.5. The lowest BCUT2D eigenvalue weighted by Crippen LogP contribution is -2.54. The molecule has 1 aliphatic heterocycles. The summed E-state index contributed by atoms with van der Waals surface area (Å²) < 4.78 is 0. The van der Waals surface area contributed by atoms with Crippen LogP contribution in [0.4, 0.5) is 5.69 Å². The standard InChI is InChI=1S/C17H26N2O2/c1-13(2)14-5-7-15(8-6-14)18-9-11-19(12-10-18)16(20)17(3,4)21/h5-8,13,21H,9-12H2,1-4H3. The molecular formula is C17H26N2O2. The molecule has 1 N–H and O–H groups in total. The fourth-order valence-electron chi connectivity index (χ4n) is 2.62. The van der Waals surface area contributed by atoms with Crippen molar-refractivity contribution in [3.63, 3.8) is 0 Å². The van der Waals surface area contributed by atoms with Gasteiger partial charge < -0.3 is 14.9 Å². The van der Waals surface area contributed by atoms with E-state index in [1.807, 2.05) is 0 Å². The average Bonchev–Trinajstić information content (AvgIpc) is 2.46. The first-order valence-corrected chi connectivity index (χ1v) is 7.65. The third kappa shape index (κ3) is 3.76. The molecule has 1 amide bonds. The summed E-state index contributed by atoms with van der Waals surface area (Å²) >= 11 is 0. The van der Waals surface area contributed by atoms with Gasteiger partial charge in [-0.1, -0.05) is 26.0 Å². The first-order valence-electron chi connectivity index (χ1n) is 7.65. The van der Waals surface area contributed by atoms with Gasteiger partial charge in [-0.2, -0.15) is 0 Å². The number of hydrogen-bond donors (Lipinski definition) is 1. The fraction of sp³-hybridized carbons (Fsp3) is 0.588. The lowest BCUT2D eigenvalue weighted by molar-refractivity contribution is -0.148. The van der Waals surface area contributed by atoms with E-state index in [1.165, 1.54) is 11.3 Å². The van der Waals surface area contributed by atoms with Crippen molar-refractivity contribution in [3.05, 3.63) is 29.8 Å². The van der Waals surface area contributed by atoms with Gasteiger partial charge in [0.15, 0.2) is 0 Å². The maximum atomic E-state index is 12.0. The number of carbonyl (C=O) groups is 1. The summed E-state index contributed by atoms with van der Waals surface area (Å²) in [7, 11) is 0. The number of rotatable bonds is 3.